The Kier molecular flexibility index (Phi) is 4.86. The first-order valence-electron chi connectivity index (χ1n) is 7.41. The number of nitrogens with one attached hydrogen (secondary N) is 1. The quantitative estimate of drug-likeness (QED) is 0.771. The average molecular weight is 284 g/mol. The van der Waals surface area contributed by atoms with Gasteiger partial charge in [-0.2, -0.15) is 0 Å². The average Bonchev–Trinajstić information content (AvgIpc) is 3.27. The Morgan fingerprint density at radius 3 is 2.50 bits per heavy atom. The van der Waals surface area contributed by atoms with Crippen LogP contribution in [0.2, 0.25) is 0 Å². The fraction of sp³-hybridized carbons (Fsp3) is 0.857. The fourth-order valence-electron chi connectivity index (χ4n) is 2.55. The van der Waals surface area contributed by atoms with E-state index in [2.05, 4.69) is 5.32 Å². The third-order valence-corrected chi connectivity index (χ3v) is 4.33. The highest BCUT2D eigenvalue weighted by Gasteiger charge is 2.40. The van der Waals surface area contributed by atoms with E-state index in [1.54, 1.807) is 4.90 Å². The maximum Gasteiger partial charge on any atom is 0.317 e. The van der Waals surface area contributed by atoms with Crippen LogP contribution in [-0.4, -0.2) is 54.9 Å². The Morgan fingerprint density at radius 2 is 2.00 bits per heavy atom. The Bertz CT molecular complexity index is 362. The van der Waals surface area contributed by atoms with Crippen molar-refractivity contribution in [2.45, 2.75) is 32.6 Å². The molecule has 0 unspecified atom stereocenters. The first kappa shape index (κ1) is 15.1. The summed E-state index contributed by atoms with van der Waals surface area (Å²) in [7, 11) is 0. The predicted octanol–water partition coefficient (Wildman–Crippen LogP) is 1.31. The fourth-order valence-corrected chi connectivity index (χ4v) is 2.55. The summed E-state index contributed by atoms with van der Waals surface area (Å²) in [6.45, 7) is 4.47. The lowest BCUT2D eigenvalue weighted by Gasteiger charge is -2.34. The summed E-state index contributed by atoms with van der Waals surface area (Å²) in [5.41, 5.74) is -0.868. The van der Waals surface area contributed by atoms with Gasteiger partial charge in [-0.05, 0) is 38.5 Å². The van der Waals surface area contributed by atoms with E-state index < -0.39 is 11.4 Å². The minimum absolute atomic E-state index is 0.147. The number of urea groups is 1. The Morgan fingerprint density at radius 1 is 1.35 bits per heavy atom. The predicted molar refractivity (Wildman–Crippen MR) is 73.5 cm³/mol. The summed E-state index contributed by atoms with van der Waals surface area (Å²) >= 11 is 0. The molecule has 1 aliphatic carbocycles. The number of hydrogen-bond acceptors (Lipinski definition) is 3. The Balaban J connectivity index is 1.87. The highest BCUT2D eigenvalue weighted by molar-refractivity contribution is 5.78. The summed E-state index contributed by atoms with van der Waals surface area (Å²) in [5.74, 6) is -0.205. The zero-order valence-electron chi connectivity index (χ0n) is 12.1. The van der Waals surface area contributed by atoms with Crippen LogP contribution in [0.5, 0.6) is 0 Å². The van der Waals surface area contributed by atoms with E-state index in [4.69, 9.17) is 4.74 Å². The molecule has 0 aromatic carbocycles. The molecule has 1 saturated heterocycles. The second-order valence-electron chi connectivity index (χ2n) is 5.84. The van der Waals surface area contributed by atoms with Crippen LogP contribution in [0, 0.1) is 11.3 Å². The zero-order chi connectivity index (χ0) is 14.6. The zero-order valence-corrected chi connectivity index (χ0v) is 12.1. The number of aliphatic carboxylic acids is 1. The van der Waals surface area contributed by atoms with Gasteiger partial charge in [0.2, 0.25) is 0 Å². The van der Waals surface area contributed by atoms with Crippen molar-refractivity contribution >= 4 is 12.0 Å². The molecule has 114 valence electrons. The molecule has 0 aromatic rings. The summed E-state index contributed by atoms with van der Waals surface area (Å²) in [6.07, 6.45) is 3.30. The molecule has 20 heavy (non-hydrogen) atoms. The van der Waals surface area contributed by atoms with Crippen molar-refractivity contribution in [3.8, 4) is 0 Å². The van der Waals surface area contributed by atoms with E-state index in [-0.39, 0.29) is 12.6 Å². The van der Waals surface area contributed by atoms with Gasteiger partial charge in [0, 0.05) is 32.8 Å². The van der Waals surface area contributed by atoms with Gasteiger partial charge in [-0.25, -0.2) is 4.79 Å². The van der Waals surface area contributed by atoms with Gasteiger partial charge in [0.05, 0.1) is 5.41 Å². The van der Waals surface area contributed by atoms with Crippen LogP contribution in [0.25, 0.3) is 0 Å². The minimum atomic E-state index is -0.868. The molecule has 6 nitrogen and oxygen atoms in total. The molecule has 2 N–H and O–H groups in total. The molecule has 6 heteroatoms. The van der Waals surface area contributed by atoms with Gasteiger partial charge < -0.3 is 20.1 Å². The van der Waals surface area contributed by atoms with E-state index in [1.165, 1.54) is 12.8 Å². The Hall–Kier alpha value is -1.30. The number of nitrogens with zero attached hydrogens (tertiary/aromatic N) is 1. The van der Waals surface area contributed by atoms with Gasteiger partial charge in [-0.1, -0.05) is 0 Å². The number of carbonyl (C=O) groups is 2. The third-order valence-electron chi connectivity index (χ3n) is 4.33. The van der Waals surface area contributed by atoms with Gasteiger partial charge in [0.1, 0.15) is 0 Å². The topological polar surface area (TPSA) is 78.9 Å². The smallest absolute Gasteiger partial charge is 0.317 e. The van der Waals surface area contributed by atoms with E-state index in [0.717, 1.165) is 6.54 Å². The van der Waals surface area contributed by atoms with Crippen molar-refractivity contribution in [2.24, 2.45) is 11.3 Å². The second-order valence-corrected chi connectivity index (χ2v) is 5.84. The molecule has 0 atom stereocenters. The van der Waals surface area contributed by atoms with Crippen LogP contribution in [0.4, 0.5) is 4.79 Å². The molecule has 2 fully saturated rings. The highest BCUT2D eigenvalue weighted by atomic mass is 16.5. The number of carboxylic acid groups (broad SMARTS) is 1. The van der Waals surface area contributed by atoms with E-state index in [9.17, 15) is 14.7 Å². The van der Waals surface area contributed by atoms with Gasteiger partial charge in [0.15, 0.2) is 0 Å². The molecule has 1 aliphatic heterocycles. The van der Waals surface area contributed by atoms with Crippen LogP contribution in [-0.2, 0) is 9.53 Å². The minimum Gasteiger partial charge on any atom is -0.481 e. The highest BCUT2D eigenvalue weighted by Crippen LogP contribution is 2.31. The van der Waals surface area contributed by atoms with Gasteiger partial charge in [-0.3, -0.25) is 4.79 Å². The SMILES string of the molecule is CCN(CC1CC1)C(=O)NCC1(C(=O)O)CCOCC1. The van der Waals surface area contributed by atoms with Crippen molar-refractivity contribution in [2.75, 3.05) is 32.8 Å². The number of hydrogen-bond donors (Lipinski definition) is 2. The van der Waals surface area contributed by atoms with Crippen LogP contribution in [0.15, 0.2) is 0 Å². The molecule has 0 bridgehead atoms. The number of carbonyl (C=O) groups excluding carboxylic acids is 1. The Labute approximate surface area is 119 Å². The first-order valence-corrected chi connectivity index (χ1v) is 7.41. The second kappa shape index (κ2) is 6.43. The van der Waals surface area contributed by atoms with Crippen LogP contribution in [0.3, 0.4) is 0 Å². The van der Waals surface area contributed by atoms with Crippen molar-refractivity contribution in [1.82, 2.24) is 10.2 Å². The normalized spacial score (nSPS) is 21.2. The first-order chi connectivity index (χ1) is 9.57. The van der Waals surface area contributed by atoms with Gasteiger partial charge in [-0.15, -0.1) is 0 Å². The van der Waals surface area contributed by atoms with E-state index in [1.807, 2.05) is 6.92 Å². The summed E-state index contributed by atoms with van der Waals surface area (Å²) < 4.78 is 5.22. The largest absolute Gasteiger partial charge is 0.481 e. The molecule has 1 heterocycles. The number of amides is 2. The van der Waals surface area contributed by atoms with Crippen molar-refractivity contribution in [1.29, 1.82) is 0 Å². The standard InChI is InChI=1S/C14H24N2O4/c1-2-16(9-11-3-4-11)13(19)15-10-14(12(17)18)5-7-20-8-6-14/h11H,2-10H2,1H3,(H,15,19)(H,17,18). The van der Waals surface area contributed by atoms with Crippen LogP contribution >= 0.6 is 0 Å². The van der Waals surface area contributed by atoms with E-state index >= 15 is 0 Å². The molecule has 0 aromatic heterocycles. The van der Waals surface area contributed by atoms with Gasteiger partial charge >= 0.3 is 12.0 Å². The third kappa shape index (κ3) is 3.62. The molecule has 0 spiro atoms. The lowest BCUT2D eigenvalue weighted by Crippen LogP contribution is -2.50. The summed E-state index contributed by atoms with van der Waals surface area (Å²) in [4.78, 5) is 25.4. The number of ether oxygens (including phenoxy) is 1. The maximum atomic E-state index is 12.1. The lowest BCUT2D eigenvalue weighted by atomic mass is 9.80. The van der Waals surface area contributed by atoms with E-state index in [0.29, 0.717) is 38.5 Å². The molecule has 2 aliphatic rings. The summed E-state index contributed by atoms with van der Waals surface area (Å²) in [6, 6.07) is -0.147. The molecular formula is C14H24N2O4. The number of carboxylic acids is 1. The number of rotatable bonds is 6. The van der Waals surface area contributed by atoms with Crippen molar-refractivity contribution in [3.05, 3.63) is 0 Å². The molecule has 1 saturated carbocycles. The molecular weight excluding hydrogens is 260 g/mol. The lowest BCUT2D eigenvalue weighted by molar-refractivity contribution is -0.154. The van der Waals surface area contributed by atoms with Crippen molar-refractivity contribution < 1.29 is 19.4 Å². The molecule has 2 amide bonds. The van der Waals surface area contributed by atoms with Crippen molar-refractivity contribution in [3.63, 3.8) is 0 Å². The summed E-state index contributed by atoms with van der Waals surface area (Å²) in [5, 5.41) is 12.2. The van der Waals surface area contributed by atoms with Gasteiger partial charge in [0.25, 0.3) is 0 Å². The maximum absolute atomic E-state index is 12.1. The van der Waals surface area contributed by atoms with Crippen LogP contribution in [0.1, 0.15) is 32.6 Å². The monoisotopic (exact) mass is 284 g/mol. The molecule has 0 radical (unpaired) electrons. The molecule has 2 rings (SSSR count). The van der Waals surface area contributed by atoms with Crippen LogP contribution < -0.4 is 5.32 Å².